The molecule has 0 heterocycles. The maximum absolute atomic E-state index is 11.2. The Bertz CT molecular complexity index is 2240. The molecular formula is C65H124N6O34. The van der Waals surface area contributed by atoms with Crippen LogP contribution in [-0.2, 0) is 105 Å². The van der Waals surface area contributed by atoms with E-state index in [2.05, 4.69) is 31.9 Å². The summed E-state index contributed by atoms with van der Waals surface area (Å²) in [5, 5.41) is 64.9. The average molecular weight is 1530 g/mol. The summed E-state index contributed by atoms with van der Waals surface area (Å²) < 4.78 is 79.8. The topological polar surface area (TPSA) is 546 Å². The average Bonchev–Trinajstić information content (AvgIpc) is 0.999. The Kier molecular flexibility index (Phi) is 67.4. The van der Waals surface area contributed by atoms with Gasteiger partial charge in [0, 0.05) is 39.3 Å². The first-order valence-electron chi connectivity index (χ1n) is 33.3. The molecule has 12 N–H and O–H groups in total. The molecule has 0 aliphatic rings. The highest BCUT2D eigenvalue weighted by Gasteiger charge is 2.20. The van der Waals surface area contributed by atoms with E-state index in [1.165, 1.54) is 0 Å². The zero-order valence-corrected chi connectivity index (χ0v) is 64.6. The molecule has 0 rings (SSSR count). The lowest BCUT2D eigenvalue weighted by molar-refractivity contribution is -0.143. The zero-order chi connectivity index (χ0) is 82.0. The SMILES string of the molecule is CC(C)(C)OC(=O)NCCOCC(=O)O.CC(C)(C)OC(=O)NCCOCCC(=O)O.CC(C)(C)OC(=O)NCCOCCOCC(=O)O.CC(C)(C)OC(=O)NCCOCCOCC(=O)O.CC(C)(C)OC(=O)NCCOCCOCCC(=O)O.CC(C)(C)OC(=O)NCCOCCOCCC(=O)O. The van der Waals surface area contributed by atoms with Crippen LogP contribution >= 0.6 is 0 Å². The molecule has 0 aliphatic heterocycles. The Morgan fingerprint density at radius 2 is 0.333 bits per heavy atom. The van der Waals surface area contributed by atoms with E-state index >= 15 is 0 Å². The smallest absolute Gasteiger partial charge is 0.407 e. The first-order chi connectivity index (χ1) is 48.4. The molecular weight excluding hydrogens is 1410 g/mol. The van der Waals surface area contributed by atoms with E-state index in [4.69, 9.17) is 106 Å². The molecule has 0 atom stereocenters. The summed E-state index contributed by atoms with van der Waals surface area (Å²) in [6.45, 7) is 37.5. The normalized spacial score (nSPS) is 11.0. The molecule has 0 spiro atoms. The molecule has 40 heteroatoms. The van der Waals surface area contributed by atoms with E-state index in [1.54, 1.807) is 125 Å². The maximum atomic E-state index is 11.2. The standard InChI is InChI=1S/2C12H23NO6.2C11H21NO6.C10H19NO5.C9H17NO5/c2*1-12(2,3)19-11(16)13-5-7-18-9-8-17-6-4-10(14)15;2*1-11(2,3)18-10(15)12-4-5-16-6-7-17-8-9(13)14;1-10(2,3)16-9(14)11-5-7-15-6-4-8(12)13;1-9(2,3)15-8(13)10-4-5-14-6-7(11)12/h2*4-9H2,1-3H3,(H,13,16)(H,14,15);2*4-8H2,1-3H3,(H,12,15)(H,13,14);4-7H2,1-3H3,(H,11,14)(H,12,13);4-6H2,1-3H3,(H,10,13)(H,11,12). The summed E-state index contributed by atoms with van der Waals surface area (Å²) in [6.07, 6.45) is -3.05. The van der Waals surface area contributed by atoms with Crippen molar-refractivity contribution in [2.24, 2.45) is 0 Å². The summed E-state index contributed by atoms with van der Waals surface area (Å²) in [7, 11) is 0. The number of alkyl carbamates (subject to hydrolysis) is 6. The number of nitrogens with one attached hydrogen (secondary N) is 6. The minimum absolute atomic E-state index is 0.0137. The van der Waals surface area contributed by atoms with Crippen molar-refractivity contribution in [3.05, 3.63) is 0 Å². The van der Waals surface area contributed by atoms with Crippen LogP contribution < -0.4 is 31.9 Å². The van der Waals surface area contributed by atoms with Crippen LogP contribution in [0.3, 0.4) is 0 Å². The molecule has 6 amide bonds. The number of carbonyl (C=O) groups excluding carboxylic acids is 6. The molecule has 618 valence electrons. The summed E-state index contributed by atoms with van der Waals surface area (Å²) in [5.74, 6) is -5.74. The van der Waals surface area contributed by atoms with Crippen molar-refractivity contribution >= 4 is 72.4 Å². The molecule has 0 unspecified atom stereocenters. The third-order valence-corrected chi connectivity index (χ3v) is 9.03. The maximum Gasteiger partial charge on any atom is 0.407 e. The van der Waals surface area contributed by atoms with Gasteiger partial charge in [-0.25, -0.2) is 43.2 Å². The van der Waals surface area contributed by atoms with E-state index < -0.39 is 106 Å². The summed E-state index contributed by atoms with van der Waals surface area (Å²) in [6, 6.07) is 0. The molecule has 0 aromatic carbocycles. The summed E-state index contributed by atoms with van der Waals surface area (Å²) >= 11 is 0. The van der Waals surface area contributed by atoms with Crippen LogP contribution in [0.25, 0.3) is 0 Å². The summed E-state index contributed by atoms with van der Waals surface area (Å²) in [5.41, 5.74) is -3.11. The number of hydrogen-bond donors (Lipinski definition) is 12. The highest BCUT2D eigenvalue weighted by Crippen LogP contribution is 2.10. The third-order valence-electron chi connectivity index (χ3n) is 9.03. The van der Waals surface area contributed by atoms with Crippen LogP contribution in [0.15, 0.2) is 0 Å². The predicted octanol–water partition coefficient (Wildman–Crippen LogP) is 4.91. The van der Waals surface area contributed by atoms with Gasteiger partial charge in [0.05, 0.1) is 132 Å². The van der Waals surface area contributed by atoms with Crippen molar-refractivity contribution < 1.29 is 164 Å². The van der Waals surface area contributed by atoms with Crippen LogP contribution in [0, 0.1) is 0 Å². The summed E-state index contributed by atoms with van der Waals surface area (Å²) in [4.78, 5) is 128. The fourth-order valence-electron chi connectivity index (χ4n) is 5.38. The number of carboxylic acids is 6. The van der Waals surface area contributed by atoms with E-state index in [9.17, 15) is 57.5 Å². The minimum Gasteiger partial charge on any atom is -0.481 e. The number of amides is 6. The molecule has 0 saturated carbocycles. The van der Waals surface area contributed by atoms with Gasteiger partial charge in [-0.15, -0.1) is 0 Å². The Hall–Kier alpha value is -7.96. The number of carbonyl (C=O) groups is 12. The van der Waals surface area contributed by atoms with Crippen LogP contribution in [0.2, 0.25) is 0 Å². The van der Waals surface area contributed by atoms with E-state index in [0.717, 1.165) is 0 Å². The van der Waals surface area contributed by atoms with Crippen molar-refractivity contribution in [1.29, 1.82) is 0 Å². The number of ether oxygens (including phenoxy) is 16. The number of aliphatic carboxylic acids is 6. The fourth-order valence-corrected chi connectivity index (χ4v) is 5.38. The first-order valence-corrected chi connectivity index (χ1v) is 33.3. The number of rotatable bonds is 45. The molecule has 0 aromatic heterocycles. The van der Waals surface area contributed by atoms with Crippen molar-refractivity contribution in [3.63, 3.8) is 0 Å². The highest BCUT2D eigenvalue weighted by atomic mass is 16.6. The van der Waals surface area contributed by atoms with Gasteiger partial charge in [-0.1, -0.05) is 0 Å². The Morgan fingerprint density at radius 1 is 0.200 bits per heavy atom. The lowest BCUT2D eigenvalue weighted by atomic mass is 10.2. The molecule has 0 fully saturated rings. The Morgan fingerprint density at radius 3 is 0.486 bits per heavy atom. The fraction of sp³-hybridized carbons (Fsp3) is 0.815. The lowest BCUT2D eigenvalue weighted by Gasteiger charge is -2.19. The predicted molar refractivity (Wildman–Crippen MR) is 373 cm³/mol. The molecule has 0 aromatic rings. The van der Waals surface area contributed by atoms with Gasteiger partial charge in [0.15, 0.2) is 0 Å². The van der Waals surface area contributed by atoms with E-state index in [1.807, 2.05) is 0 Å². The monoisotopic (exact) mass is 1530 g/mol. The van der Waals surface area contributed by atoms with E-state index in [0.29, 0.717) is 85.6 Å². The van der Waals surface area contributed by atoms with Gasteiger partial charge in [-0.2, -0.15) is 0 Å². The van der Waals surface area contributed by atoms with Gasteiger partial charge < -0.3 is 138 Å². The highest BCUT2D eigenvalue weighted by molar-refractivity contribution is 5.71. The van der Waals surface area contributed by atoms with E-state index in [-0.39, 0.29) is 105 Å². The van der Waals surface area contributed by atoms with Gasteiger partial charge >= 0.3 is 72.4 Å². The molecule has 0 bridgehead atoms. The minimum atomic E-state index is -1.03. The second kappa shape index (κ2) is 65.5. The quantitative estimate of drug-likeness (QED) is 0.0284. The first kappa shape index (κ1) is 108. The molecule has 105 heavy (non-hydrogen) atoms. The second-order valence-electron chi connectivity index (χ2n) is 26.6. The van der Waals surface area contributed by atoms with Crippen LogP contribution in [0.4, 0.5) is 28.8 Å². The molecule has 0 saturated heterocycles. The van der Waals surface area contributed by atoms with Crippen LogP contribution in [0.1, 0.15) is 144 Å². The Labute approximate surface area is 615 Å². The molecule has 0 radical (unpaired) electrons. The van der Waals surface area contributed by atoms with Crippen molar-refractivity contribution in [2.45, 2.75) is 177 Å². The van der Waals surface area contributed by atoms with Crippen LogP contribution in [-0.4, -0.2) is 308 Å². The van der Waals surface area contributed by atoms with Crippen molar-refractivity contribution in [3.8, 4) is 0 Å². The Balaban J connectivity index is -0.000000281. The van der Waals surface area contributed by atoms with Gasteiger partial charge in [0.2, 0.25) is 0 Å². The number of carboxylic acid groups (broad SMARTS) is 6. The largest absolute Gasteiger partial charge is 0.481 e. The van der Waals surface area contributed by atoms with Gasteiger partial charge in [-0.3, -0.25) is 14.4 Å². The number of hydrogen-bond acceptors (Lipinski definition) is 28. The van der Waals surface area contributed by atoms with Gasteiger partial charge in [-0.05, 0) is 125 Å². The third kappa shape index (κ3) is 117. The van der Waals surface area contributed by atoms with Crippen molar-refractivity contribution in [2.75, 3.05) is 171 Å². The molecule has 40 nitrogen and oxygen atoms in total. The van der Waals surface area contributed by atoms with Gasteiger partial charge in [0.1, 0.15) is 53.4 Å². The molecule has 0 aliphatic carbocycles. The lowest BCUT2D eigenvalue weighted by Crippen LogP contribution is -2.34. The second-order valence-corrected chi connectivity index (χ2v) is 26.6. The van der Waals surface area contributed by atoms with Crippen molar-refractivity contribution in [1.82, 2.24) is 31.9 Å². The van der Waals surface area contributed by atoms with Crippen LogP contribution in [0.5, 0.6) is 0 Å². The van der Waals surface area contributed by atoms with Gasteiger partial charge in [0.25, 0.3) is 0 Å². The zero-order valence-electron chi connectivity index (χ0n) is 64.6.